The fraction of sp³-hybridized carbons (Fsp3) is 0.125. The molecule has 5 aromatic carbocycles. The molecule has 2 nitrogen and oxygen atoms in total. The average Bonchev–Trinajstić information content (AvgIpc) is 3.85. The molecule has 3 heteroatoms. The van der Waals surface area contributed by atoms with Gasteiger partial charge in [-0.1, -0.05) is 91.0 Å². The number of benzene rings is 5. The summed E-state index contributed by atoms with van der Waals surface area (Å²) in [5, 5.41) is 5.26. The second-order valence-electron chi connectivity index (χ2n) is 14.3. The molecule has 3 aliphatic carbocycles. The first-order chi connectivity index (χ1) is 25.3. The summed E-state index contributed by atoms with van der Waals surface area (Å²) in [6.07, 6.45) is 18.3. The largest absolute Gasteiger partial charge is 0.313 e. The first-order valence-electron chi connectivity index (χ1n) is 18.3. The molecule has 51 heavy (non-hydrogen) atoms. The van der Waals surface area contributed by atoms with Gasteiger partial charge in [-0.3, -0.25) is 0 Å². The fourth-order valence-corrected chi connectivity index (χ4v) is 10.4. The van der Waals surface area contributed by atoms with Crippen molar-refractivity contribution in [1.29, 1.82) is 0 Å². The van der Waals surface area contributed by atoms with Crippen molar-refractivity contribution >= 4 is 84.1 Å². The van der Waals surface area contributed by atoms with Gasteiger partial charge in [0.1, 0.15) is 0 Å². The molecule has 244 valence electrons. The van der Waals surface area contributed by atoms with Crippen LogP contribution in [0, 0.1) is 0 Å². The maximum atomic E-state index is 2.55. The number of nitrogens with zero attached hydrogens (tertiary/aromatic N) is 2. The Labute approximate surface area is 301 Å². The highest BCUT2D eigenvalue weighted by molar-refractivity contribution is 7.14. The van der Waals surface area contributed by atoms with Gasteiger partial charge in [0, 0.05) is 42.7 Å². The molecular weight excluding hydrogens is 637 g/mol. The Balaban J connectivity index is 1.02. The van der Waals surface area contributed by atoms with Gasteiger partial charge in [-0.15, -0.1) is 11.3 Å². The number of fused-ring (bicyclic) bond motifs is 9. The van der Waals surface area contributed by atoms with Crippen molar-refractivity contribution in [2.24, 2.45) is 0 Å². The molecular formula is C48H36N2S. The summed E-state index contributed by atoms with van der Waals surface area (Å²) in [6, 6.07) is 43.0. The van der Waals surface area contributed by atoms with Crippen LogP contribution in [0.4, 0.5) is 0 Å². The minimum absolute atomic E-state index is 1.05. The second kappa shape index (κ2) is 11.4. The Morgan fingerprint density at radius 3 is 1.71 bits per heavy atom. The van der Waals surface area contributed by atoms with Gasteiger partial charge in [0.2, 0.25) is 0 Å². The van der Waals surface area contributed by atoms with Crippen molar-refractivity contribution in [3.8, 4) is 11.1 Å². The van der Waals surface area contributed by atoms with Crippen LogP contribution in [-0.4, -0.2) is 9.13 Å². The van der Waals surface area contributed by atoms with Crippen LogP contribution in [0.1, 0.15) is 52.1 Å². The van der Waals surface area contributed by atoms with Gasteiger partial charge >= 0.3 is 0 Å². The van der Waals surface area contributed by atoms with Crippen LogP contribution in [0.15, 0.2) is 133 Å². The smallest absolute Gasteiger partial charge is 0.0538 e. The molecule has 0 spiro atoms. The third-order valence-electron chi connectivity index (χ3n) is 11.4. The summed E-state index contributed by atoms with van der Waals surface area (Å²) in [4.78, 5) is 2.91. The molecule has 0 fully saturated rings. The van der Waals surface area contributed by atoms with Gasteiger partial charge in [0.25, 0.3) is 0 Å². The Morgan fingerprint density at radius 1 is 0.451 bits per heavy atom. The van der Waals surface area contributed by atoms with Crippen LogP contribution in [0.5, 0.6) is 0 Å². The maximum Gasteiger partial charge on any atom is 0.0538 e. The zero-order chi connectivity index (χ0) is 33.5. The quantitative estimate of drug-likeness (QED) is 0.176. The fourth-order valence-electron chi connectivity index (χ4n) is 9.04. The highest BCUT2D eigenvalue weighted by atomic mass is 32.1. The molecule has 11 rings (SSSR count). The summed E-state index contributed by atoms with van der Waals surface area (Å²) in [5.41, 5.74) is 16.4. The van der Waals surface area contributed by atoms with E-state index in [0.717, 1.165) is 38.5 Å². The van der Waals surface area contributed by atoms with Crippen LogP contribution in [0.25, 0.3) is 83.9 Å². The van der Waals surface area contributed by atoms with E-state index >= 15 is 0 Å². The van der Waals surface area contributed by atoms with E-state index in [1.807, 2.05) is 11.3 Å². The van der Waals surface area contributed by atoms with Crippen molar-refractivity contribution in [2.75, 3.05) is 0 Å². The highest BCUT2D eigenvalue weighted by Crippen LogP contribution is 2.45. The topological polar surface area (TPSA) is 9.86 Å². The zero-order valence-electron chi connectivity index (χ0n) is 28.4. The standard InChI is InChI=1S/C48H36N2S/c1-3-11-31(12-4-1)34-19-23-39-40-24-22-36(30-48(40)51-47(39)29-34)50-44-18-10-8-16-38(44)42-28-33(21-26-46(42)50)32-20-25-45-41(27-32)37-15-7-9-17-43(37)49(45)35-13-5-2-6-14-35/h1-5,7-13,15-18,20-21,25-30H,6,14,19,22-24H2. The van der Waals surface area contributed by atoms with E-state index in [1.165, 1.54) is 87.0 Å². The summed E-state index contributed by atoms with van der Waals surface area (Å²) in [6.45, 7) is 0. The second-order valence-corrected chi connectivity index (χ2v) is 15.3. The molecule has 0 saturated carbocycles. The lowest BCUT2D eigenvalue weighted by Gasteiger charge is -2.19. The summed E-state index contributed by atoms with van der Waals surface area (Å²) in [7, 11) is 0. The molecule has 0 atom stereocenters. The number of hydrogen-bond donors (Lipinski definition) is 0. The van der Waals surface area contributed by atoms with Gasteiger partial charge in [-0.2, -0.15) is 0 Å². The first kappa shape index (κ1) is 29.1. The number of para-hydroxylation sites is 2. The lowest BCUT2D eigenvalue weighted by molar-refractivity contribution is 0.911. The third-order valence-corrected chi connectivity index (χ3v) is 12.6. The minimum Gasteiger partial charge on any atom is -0.313 e. The molecule has 0 radical (unpaired) electrons. The van der Waals surface area contributed by atoms with E-state index in [0.29, 0.717) is 0 Å². The van der Waals surface area contributed by atoms with E-state index in [1.54, 1.807) is 11.1 Å². The van der Waals surface area contributed by atoms with Crippen LogP contribution >= 0.6 is 11.3 Å². The first-order valence-corrected chi connectivity index (χ1v) is 19.1. The third kappa shape index (κ3) is 4.54. The van der Waals surface area contributed by atoms with Crippen molar-refractivity contribution in [3.05, 3.63) is 160 Å². The maximum absolute atomic E-state index is 2.55. The average molecular weight is 673 g/mol. The molecule has 0 unspecified atom stereocenters. The van der Waals surface area contributed by atoms with Crippen molar-refractivity contribution in [2.45, 2.75) is 38.5 Å². The number of aromatic nitrogens is 2. The SMILES string of the molecule is C1=CCCC(n2c3ccccc3c3cc(-c4ccc5c(c4)c4ccccc4n5C4=Cc5sc6c(c5CC4)CCC(c4ccccc4)=C6)ccc32)=C1. The van der Waals surface area contributed by atoms with E-state index in [9.17, 15) is 0 Å². The van der Waals surface area contributed by atoms with E-state index in [4.69, 9.17) is 0 Å². The number of rotatable bonds is 4. The molecule has 8 aromatic rings. The molecule has 3 heterocycles. The highest BCUT2D eigenvalue weighted by Gasteiger charge is 2.25. The van der Waals surface area contributed by atoms with E-state index in [2.05, 4.69) is 155 Å². The van der Waals surface area contributed by atoms with Crippen LogP contribution in [0.2, 0.25) is 0 Å². The van der Waals surface area contributed by atoms with Crippen LogP contribution < -0.4 is 0 Å². The Hall–Kier alpha value is -5.64. The van der Waals surface area contributed by atoms with Gasteiger partial charge in [0.05, 0.1) is 22.1 Å². The number of thiophene rings is 1. The van der Waals surface area contributed by atoms with Crippen LogP contribution in [0.3, 0.4) is 0 Å². The lowest BCUT2D eigenvalue weighted by Crippen LogP contribution is -2.06. The van der Waals surface area contributed by atoms with Gasteiger partial charge in [0.15, 0.2) is 0 Å². The zero-order valence-corrected chi connectivity index (χ0v) is 29.2. The monoisotopic (exact) mass is 672 g/mol. The minimum atomic E-state index is 1.05. The Kier molecular flexibility index (Phi) is 6.54. The summed E-state index contributed by atoms with van der Waals surface area (Å²) >= 11 is 1.99. The van der Waals surface area contributed by atoms with E-state index in [-0.39, 0.29) is 0 Å². The summed E-state index contributed by atoms with van der Waals surface area (Å²) in [5.74, 6) is 0. The molecule has 0 bridgehead atoms. The molecule has 0 N–H and O–H groups in total. The number of hydrogen-bond acceptors (Lipinski definition) is 1. The molecule has 3 aromatic heterocycles. The summed E-state index contributed by atoms with van der Waals surface area (Å²) < 4.78 is 5.02. The normalized spacial score (nSPS) is 15.6. The Morgan fingerprint density at radius 2 is 1.04 bits per heavy atom. The molecule has 0 saturated heterocycles. The lowest BCUT2D eigenvalue weighted by atomic mass is 9.88. The van der Waals surface area contributed by atoms with Crippen molar-refractivity contribution in [1.82, 2.24) is 9.13 Å². The molecule has 3 aliphatic rings. The van der Waals surface area contributed by atoms with Crippen molar-refractivity contribution in [3.63, 3.8) is 0 Å². The van der Waals surface area contributed by atoms with E-state index < -0.39 is 0 Å². The van der Waals surface area contributed by atoms with Crippen molar-refractivity contribution < 1.29 is 0 Å². The van der Waals surface area contributed by atoms with Gasteiger partial charge in [-0.25, -0.2) is 0 Å². The van der Waals surface area contributed by atoms with Gasteiger partial charge in [-0.05, 0) is 127 Å². The number of allylic oxidation sites excluding steroid dienone is 6. The Bertz CT molecular complexity index is 2850. The predicted molar refractivity (Wildman–Crippen MR) is 220 cm³/mol. The van der Waals surface area contributed by atoms with Gasteiger partial charge < -0.3 is 9.13 Å². The molecule has 0 aliphatic heterocycles. The predicted octanol–water partition coefficient (Wildman–Crippen LogP) is 13.3. The van der Waals surface area contributed by atoms with Crippen LogP contribution in [-0.2, 0) is 12.8 Å². The molecule has 0 amide bonds.